The molecule has 36 heavy (non-hydrogen) atoms. The van der Waals surface area contributed by atoms with Crippen molar-refractivity contribution in [3.8, 4) is 0 Å². The number of allylic oxidation sites excluding steroid dienone is 1. The van der Waals surface area contributed by atoms with Crippen LogP contribution >= 0.6 is 7.60 Å². The number of fused-ring (bicyclic) bond motifs is 1. The molecule has 1 aliphatic rings. The number of rotatable bonds is 6. The maximum Gasteiger partial charge on any atom is 0.356 e. The van der Waals surface area contributed by atoms with Crippen molar-refractivity contribution >= 4 is 47.4 Å². The first kappa shape index (κ1) is 24.0. The molecule has 180 valence electrons. The minimum Gasteiger partial charge on any atom is -0.321 e. The Balaban J connectivity index is 1.41. The predicted octanol–water partition coefficient (Wildman–Crippen LogP) is 7.04. The van der Waals surface area contributed by atoms with Crippen molar-refractivity contribution in [2.45, 2.75) is 19.3 Å². The monoisotopic (exact) mass is 494 g/mol. The van der Waals surface area contributed by atoms with Gasteiger partial charge in [0, 0.05) is 22.5 Å². The summed E-state index contributed by atoms with van der Waals surface area (Å²) in [7, 11) is -4.32. The number of hydrogen-bond acceptors (Lipinski definition) is 3. The van der Waals surface area contributed by atoms with Crippen molar-refractivity contribution in [2.24, 2.45) is 4.99 Å². The van der Waals surface area contributed by atoms with Crippen LogP contribution in [0.1, 0.15) is 25.0 Å². The standard InChI is InChI=1S/C30H27N2O3P/c1-30(2)27-21-26(36(33,34)35)18-19-28(27)31-29(30)20-15-22-13-16-25(17-14-22)32(23-9-5-3-6-10-23)24-11-7-4-8-12-24/h3-21H,1-2H3,(H2,33,34,35)/b20-15+. The molecule has 0 bridgehead atoms. The maximum atomic E-state index is 11.7. The lowest BCUT2D eigenvalue weighted by Gasteiger charge is -2.25. The van der Waals surface area contributed by atoms with Gasteiger partial charge >= 0.3 is 7.60 Å². The summed E-state index contributed by atoms with van der Waals surface area (Å²) in [6, 6.07) is 33.6. The van der Waals surface area contributed by atoms with Gasteiger partial charge in [-0.05, 0) is 71.8 Å². The number of hydrogen-bond donors (Lipinski definition) is 2. The van der Waals surface area contributed by atoms with E-state index >= 15 is 0 Å². The van der Waals surface area contributed by atoms with Crippen molar-refractivity contribution in [1.82, 2.24) is 0 Å². The first-order valence-electron chi connectivity index (χ1n) is 11.7. The fourth-order valence-electron chi connectivity index (χ4n) is 4.47. The quantitative estimate of drug-likeness (QED) is 0.282. The third-order valence-corrected chi connectivity index (χ3v) is 7.44. The number of anilines is 3. The molecule has 0 amide bonds. The van der Waals surface area contributed by atoms with Gasteiger partial charge in [0.05, 0.1) is 16.7 Å². The summed E-state index contributed by atoms with van der Waals surface area (Å²) in [6.45, 7) is 4.04. The third-order valence-electron chi connectivity index (χ3n) is 6.48. The van der Waals surface area contributed by atoms with Gasteiger partial charge in [-0.2, -0.15) is 0 Å². The van der Waals surface area contributed by atoms with Crippen molar-refractivity contribution < 1.29 is 14.4 Å². The second-order valence-electron chi connectivity index (χ2n) is 9.30. The summed E-state index contributed by atoms with van der Waals surface area (Å²) >= 11 is 0. The van der Waals surface area contributed by atoms with Gasteiger partial charge in [0.2, 0.25) is 0 Å². The van der Waals surface area contributed by atoms with E-state index in [1.54, 1.807) is 12.1 Å². The van der Waals surface area contributed by atoms with Gasteiger partial charge in [-0.1, -0.05) is 68.5 Å². The first-order valence-corrected chi connectivity index (χ1v) is 13.3. The van der Waals surface area contributed by atoms with Crippen LogP contribution in [0.15, 0.2) is 114 Å². The Morgan fingerprint density at radius 3 is 1.86 bits per heavy atom. The number of aliphatic imine (C=N–C) groups is 1. The SMILES string of the molecule is CC1(C)C(/C=C/c2ccc(N(c3ccccc3)c3ccccc3)cc2)=Nc2ccc(P(=O)(O)O)cc21. The van der Waals surface area contributed by atoms with Crippen LogP contribution in [0.5, 0.6) is 0 Å². The van der Waals surface area contributed by atoms with Crippen molar-refractivity contribution in [3.63, 3.8) is 0 Å². The molecule has 0 atom stereocenters. The zero-order valence-electron chi connectivity index (χ0n) is 20.1. The lowest BCUT2D eigenvalue weighted by molar-refractivity contribution is 0.387. The molecule has 0 spiro atoms. The van der Waals surface area contributed by atoms with Gasteiger partial charge in [0.15, 0.2) is 0 Å². The first-order chi connectivity index (χ1) is 17.2. The maximum absolute atomic E-state index is 11.7. The fourth-order valence-corrected chi connectivity index (χ4v) is 5.03. The Morgan fingerprint density at radius 2 is 1.31 bits per heavy atom. The zero-order valence-corrected chi connectivity index (χ0v) is 21.0. The minimum absolute atomic E-state index is 0.0201. The Labute approximate surface area is 211 Å². The minimum atomic E-state index is -4.32. The molecule has 4 aromatic rings. The lowest BCUT2D eigenvalue weighted by atomic mass is 9.81. The fraction of sp³-hybridized carbons (Fsp3) is 0.100. The van der Waals surface area contributed by atoms with E-state index in [4.69, 9.17) is 4.99 Å². The summed E-state index contributed by atoms with van der Waals surface area (Å²) in [5.74, 6) is 0. The topological polar surface area (TPSA) is 73.1 Å². The average Bonchev–Trinajstić information content (AvgIpc) is 3.13. The number of para-hydroxylation sites is 2. The molecule has 0 aromatic heterocycles. The summed E-state index contributed by atoms with van der Waals surface area (Å²) in [5, 5.41) is 0.0201. The molecule has 1 aliphatic heterocycles. The highest BCUT2D eigenvalue weighted by Crippen LogP contribution is 2.43. The Hall–Kier alpha value is -3.76. The van der Waals surface area contributed by atoms with Gasteiger partial charge < -0.3 is 14.7 Å². The largest absolute Gasteiger partial charge is 0.356 e. The summed E-state index contributed by atoms with van der Waals surface area (Å²) < 4.78 is 11.7. The molecule has 6 heteroatoms. The molecule has 0 aliphatic carbocycles. The van der Waals surface area contributed by atoms with Gasteiger partial charge in [-0.3, -0.25) is 9.56 Å². The normalized spacial score (nSPS) is 14.5. The van der Waals surface area contributed by atoms with Crippen molar-refractivity contribution in [1.29, 1.82) is 0 Å². The van der Waals surface area contributed by atoms with E-state index in [1.165, 1.54) is 6.07 Å². The molecule has 1 heterocycles. The van der Waals surface area contributed by atoms with E-state index in [-0.39, 0.29) is 5.30 Å². The smallest absolute Gasteiger partial charge is 0.321 e. The third kappa shape index (κ3) is 4.69. The summed E-state index contributed by atoms with van der Waals surface area (Å²) in [4.78, 5) is 26.1. The number of benzene rings is 4. The van der Waals surface area contributed by atoms with Crippen LogP contribution in [0.25, 0.3) is 6.08 Å². The summed E-state index contributed by atoms with van der Waals surface area (Å²) in [5.41, 5.74) is 6.20. The van der Waals surface area contributed by atoms with E-state index in [9.17, 15) is 14.4 Å². The van der Waals surface area contributed by atoms with Crippen LogP contribution < -0.4 is 10.2 Å². The van der Waals surface area contributed by atoms with Crippen molar-refractivity contribution in [2.75, 3.05) is 4.90 Å². The van der Waals surface area contributed by atoms with E-state index in [1.807, 2.05) is 62.4 Å². The van der Waals surface area contributed by atoms with E-state index < -0.39 is 13.0 Å². The van der Waals surface area contributed by atoms with E-state index in [0.29, 0.717) is 0 Å². The van der Waals surface area contributed by atoms with Crippen LogP contribution in [-0.4, -0.2) is 15.5 Å². The molecule has 5 nitrogen and oxygen atoms in total. The highest BCUT2D eigenvalue weighted by molar-refractivity contribution is 7.60. The number of nitrogens with zero attached hydrogens (tertiary/aromatic N) is 2. The second kappa shape index (κ2) is 9.36. The van der Waals surface area contributed by atoms with E-state index in [0.717, 1.165) is 39.6 Å². The summed E-state index contributed by atoms with van der Waals surface area (Å²) in [6.07, 6.45) is 4.01. The molecule has 0 unspecified atom stereocenters. The second-order valence-corrected chi connectivity index (χ2v) is 10.9. The van der Waals surface area contributed by atoms with Gasteiger partial charge in [0.1, 0.15) is 0 Å². The lowest BCUT2D eigenvalue weighted by Crippen LogP contribution is -2.24. The molecule has 0 saturated heterocycles. The van der Waals surface area contributed by atoms with Crippen molar-refractivity contribution in [3.05, 3.63) is 120 Å². The Morgan fingerprint density at radius 1 is 0.750 bits per heavy atom. The molecule has 4 aromatic carbocycles. The van der Waals surface area contributed by atoms with Crippen LogP contribution in [0, 0.1) is 0 Å². The molecular weight excluding hydrogens is 467 g/mol. The highest BCUT2D eigenvalue weighted by Gasteiger charge is 2.35. The molecule has 2 N–H and O–H groups in total. The van der Waals surface area contributed by atoms with Crippen LogP contribution in [0.2, 0.25) is 0 Å². The van der Waals surface area contributed by atoms with E-state index in [2.05, 4.69) is 53.4 Å². The van der Waals surface area contributed by atoms with Gasteiger partial charge in [-0.25, -0.2) is 0 Å². The van der Waals surface area contributed by atoms with Crippen LogP contribution in [-0.2, 0) is 9.98 Å². The molecule has 0 radical (unpaired) electrons. The Bertz CT molecular complexity index is 1450. The molecule has 5 rings (SSSR count). The van der Waals surface area contributed by atoms with Crippen LogP contribution in [0.4, 0.5) is 22.7 Å². The average molecular weight is 495 g/mol. The van der Waals surface area contributed by atoms with Crippen LogP contribution in [0.3, 0.4) is 0 Å². The molecule has 0 saturated carbocycles. The van der Waals surface area contributed by atoms with Gasteiger partial charge in [0.25, 0.3) is 0 Å². The zero-order chi connectivity index (χ0) is 25.3. The molecular formula is C30H27N2O3P. The Kier molecular flexibility index (Phi) is 6.23. The van der Waals surface area contributed by atoms with Gasteiger partial charge in [-0.15, -0.1) is 0 Å². The highest BCUT2D eigenvalue weighted by atomic mass is 31.2. The predicted molar refractivity (Wildman–Crippen MR) is 148 cm³/mol. The molecule has 0 fully saturated rings.